The summed E-state index contributed by atoms with van der Waals surface area (Å²) in [5.74, 6) is -0.403. The van der Waals surface area contributed by atoms with E-state index in [1.165, 1.54) is 23.0 Å². The highest BCUT2D eigenvalue weighted by molar-refractivity contribution is 7.13. The highest BCUT2D eigenvalue weighted by atomic mass is 32.1. The standard InChI is InChI=1S/C76H99F3N16O7S/c1-48-66(103-47-84-48)53-21-17-50(18-22-53)43-83-71(99)62-40-57(96)46-94(62)72(100)67(74(2,3)4)89-73(101)93(36-13-12-32-91-37-29-52(30-38-91)51-23-25-55(26-24-51)85-69-65(68(80)97)82-44-64(88-69)92-33-9-7-10-34-92)35-11-8-31-81-42-49-19-27-56(28-20-49)95-45-54-39-61(58(75(5,6)102)41-60(54)90-95)87-70(98)59-15-14-16-63(86-59)76(77,78)79/h14-18,21-26,39,41,44-45,47,49,52,56-57,62,67,81,96,102H,7-13,19-20,27-38,40,42-43,46H2,1-6H3,(H2,80,97)(H,83,99)(H,85,88)(H,87,98)(H,89,101)/t49-,56-,57-,62+,67-/m1/s1. The Bertz CT molecular complexity index is 4060. The van der Waals surface area contributed by atoms with E-state index in [9.17, 15) is 47.4 Å². The fourth-order valence-electron chi connectivity index (χ4n) is 14.6. The van der Waals surface area contributed by atoms with Gasteiger partial charge >= 0.3 is 12.2 Å². The minimum absolute atomic E-state index is 0.0384. The smallest absolute Gasteiger partial charge is 0.391 e. The topological polar surface area (TPSA) is 294 Å². The minimum Gasteiger partial charge on any atom is -0.391 e. The van der Waals surface area contributed by atoms with Gasteiger partial charge in [-0.2, -0.15) is 18.3 Å². The lowest BCUT2D eigenvalue weighted by molar-refractivity contribution is -0.142. The third kappa shape index (κ3) is 19.6. The first kappa shape index (κ1) is 75.5. The molecule has 7 heterocycles. The number of β-amino-alcohol motifs (C(OH)–C–C–N with tert-alkyl or cyclic N) is 1. The maximum atomic E-state index is 14.8. The summed E-state index contributed by atoms with van der Waals surface area (Å²) in [4.78, 5) is 95.3. The van der Waals surface area contributed by atoms with Gasteiger partial charge in [-0.05, 0) is 207 Å². The fourth-order valence-corrected chi connectivity index (χ4v) is 15.4. The number of urea groups is 1. The number of aryl methyl sites for hydroxylation is 1. The van der Waals surface area contributed by atoms with E-state index in [0.717, 1.165) is 162 Å². The molecule has 3 atom stereocenters. The number of thiazole rings is 1. The molecule has 9 N–H and O–H groups in total. The number of pyridine rings is 1. The van der Waals surface area contributed by atoms with Gasteiger partial charge in [-0.3, -0.25) is 23.9 Å². The number of halogens is 3. The molecule has 0 spiro atoms. The average molecular weight is 1440 g/mol. The lowest BCUT2D eigenvalue weighted by Crippen LogP contribution is -2.59. The molecular formula is C76H99F3N16O7S. The van der Waals surface area contributed by atoms with E-state index in [4.69, 9.17) is 15.8 Å². The summed E-state index contributed by atoms with van der Waals surface area (Å²) in [6.07, 6.45) is 10.1. The summed E-state index contributed by atoms with van der Waals surface area (Å²) >= 11 is 1.57. The maximum absolute atomic E-state index is 14.8. The zero-order valence-corrected chi connectivity index (χ0v) is 60.7. The second-order valence-electron chi connectivity index (χ2n) is 29.8. The van der Waals surface area contributed by atoms with Crippen LogP contribution in [0.2, 0.25) is 0 Å². The number of unbranched alkanes of at least 4 members (excludes halogenated alkanes) is 2. The molecule has 1 aliphatic carbocycles. The van der Waals surface area contributed by atoms with Crippen LogP contribution in [0.15, 0.2) is 96.8 Å². The van der Waals surface area contributed by atoms with Crippen LogP contribution in [-0.2, 0) is 27.9 Å². The van der Waals surface area contributed by atoms with Gasteiger partial charge in [0.2, 0.25) is 11.8 Å². The highest BCUT2D eigenvalue weighted by Gasteiger charge is 2.45. The van der Waals surface area contributed by atoms with Gasteiger partial charge in [-0.25, -0.2) is 24.7 Å². The van der Waals surface area contributed by atoms with Crippen molar-refractivity contribution in [2.24, 2.45) is 17.1 Å². The molecule has 4 fully saturated rings. The monoisotopic (exact) mass is 1440 g/mol. The number of nitrogens with zero attached hydrogens (tertiary/aromatic N) is 10. The Morgan fingerprint density at radius 1 is 0.825 bits per heavy atom. The van der Waals surface area contributed by atoms with Crippen LogP contribution in [-0.4, -0.2) is 168 Å². The summed E-state index contributed by atoms with van der Waals surface area (Å²) in [6, 6.07) is 20.6. The van der Waals surface area contributed by atoms with E-state index in [1.54, 1.807) is 43.5 Å². The molecule has 1 saturated carbocycles. The highest BCUT2D eigenvalue weighted by Crippen LogP contribution is 2.38. The number of likely N-dealkylation sites (tertiary alicyclic amines) is 2. The van der Waals surface area contributed by atoms with E-state index in [1.807, 2.05) is 85.4 Å². The number of benzene rings is 3. The molecule has 3 aliphatic heterocycles. The number of nitrogens with two attached hydrogens (primary N) is 1. The van der Waals surface area contributed by atoms with Crippen molar-refractivity contribution in [1.29, 1.82) is 0 Å². The van der Waals surface area contributed by atoms with E-state index >= 15 is 0 Å². The Morgan fingerprint density at radius 3 is 2.21 bits per heavy atom. The third-order valence-electron chi connectivity index (χ3n) is 20.5. The molecule has 4 aromatic heterocycles. The van der Waals surface area contributed by atoms with Crippen LogP contribution >= 0.6 is 11.3 Å². The van der Waals surface area contributed by atoms with Crippen molar-refractivity contribution in [3.63, 3.8) is 0 Å². The molecule has 0 radical (unpaired) electrons. The number of aromatic nitrogens is 6. The van der Waals surface area contributed by atoms with Crippen LogP contribution in [0.25, 0.3) is 21.3 Å². The van der Waals surface area contributed by atoms with Gasteiger partial charge in [0.15, 0.2) is 11.5 Å². The lowest BCUT2D eigenvalue weighted by Gasteiger charge is -2.37. The number of alkyl halides is 3. The van der Waals surface area contributed by atoms with Gasteiger partial charge < -0.3 is 62.1 Å². The summed E-state index contributed by atoms with van der Waals surface area (Å²) < 4.78 is 42.3. The molecule has 7 aromatic rings. The van der Waals surface area contributed by atoms with Gasteiger partial charge in [-0.15, -0.1) is 11.3 Å². The zero-order valence-electron chi connectivity index (χ0n) is 59.9. The predicted octanol–water partition coefficient (Wildman–Crippen LogP) is 11.4. The summed E-state index contributed by atoms with van der Waals surface area (Å²) in [5.41, 5.74) is 9.97. The fraction of sp³-hybridized carbons (Fsp3) is 0.526. The van der Waals surface area contributed by atoms with Crippen molar-refractivity contribution in [2.75, 3.05) is 81.0 Å². The quantitative estimate of drug-likeness (QED) is 0.0222. The van der Waals surface area contributed by atoms with E-state index in [2.05, 4.69) is 63.5 Å². The first-order valence-corrected chi connectivity index (χ1v) is 37.2. The van der Waals surface area contributed by atoms with Crippen molar-refractivity contribution >= 4 is 74.9 Å². The Balaban J connectivity index is 0.678. The zero-order chi connectivity index (χ0) is 73.2. The molecule has 552 valence electrons. The second kappa shape index (κ2) is 33.4. The lowest BCUT2D eigenvalue weighted by atomic mass is 9.85. The van der Waals surface area contributed by atoms with Gasteiger partial charge in [0.25, 0.3) is 11.8 Å². The summed E-state index contributed by atoms with van der Waals surface area (Å²) in [6.45, 7) is 18.0. The summed E-state index contributed by atoms with van der Waals surface area (Å²) in [5, 5.41) is 43.6. The number of aliphatic hydroxyl groups is 2. The number of anilines is 4. The Labute approximate surface area is 604 Å². The normalized spacial score (nSPS) is 18.9. The Kier molecular flexibility index (Phi) is 24.5. The second-order valence-corrected chi connectivity index (χ2v) is 30.6. The molecule has 23 nitrogen and oxygen atoms in total. The number of aliphatic hydroxyl groups excluding tert-OH is 1. The molecule has 3 saturated heterocycles. The van der Waals surface area contributed by atoms with Crippen LogP contribution in [0.5, 0.6) is 0 Å². The number of hydrogen-bond acceptors (Lipinski definition) is 17. The largest absolute Gasteiger partial charge is 0.433 e. The Hall–Kier alpha value is -8.63. The average Bonchev–Trinajstić information content (AvgIpc) is 1.69. The van der Waals surface area contributed by atoms with Crippen LogP contribution in [0.1, 0.15) is 186 Å². The number of carbonyl (C=O) groups excluding carboxylic acids is 5. The number of amides is 6. The van der Waals surface area contributed by atoms with E-state index in [0.29, 0.717) is 53.6 Å². The molecule has 0 bridgehead atoms. The van der Waals surface area contributed by atoms with Gasteiger partial charge in [0, 0.05) is 74.2 Å². The number of fused-ring (bicyclic) bond motifs is 1. The predicted molar refractivity (Wildman–Crippen MR) is 393 cm³/mol. The molecule has 27 heteroatoms. The van der Waals surface area contributed by atoms with Crippen molar-refractivity contribution in [3.8, 4) is 10.4 Å². The van der Waals surface area contributed by atoms with Crippen LogP contribution < -0.4 is 37.2 Å². The minimum atomic E-state index is -4.73. The molecule has 0 unspecified atom stereocenters. The van der Waals surface area contributed by atoms with E-state index in [-0.39, 0.29) is 48.9 Å². The number of primary amides is 1. The SMILES string of the molecule is Cc1ncsc1-c1ccc(CNC(=O)[C@@H]2C[C@@H](O)CN2C(=O)[C@@H](NC(=O)N(CCCCNC[C@H]2CC[C@H](n3cc4cc(NC(=O)c5cccc(C(F)(F)F)n5)c(C(C)(C)O)cc4n3)CC2)CCCCN2CCC(c3ccc(Nc4nc(N5CCCCC5)cnc4C(N)=O)cc3)CC2)C(C)(C)C)cc1. The molecule has 4 aliphatic rings. The number of rotatable bonds is 27. The number of carbonyl (C=O) groups is 5. The first-order chi connectivity index (χ1) is 49.2. The van der Waals surface area contributed by atoms with Crippen molar-refractivity contribution in [3.05, 3.63) is 136 Å². The molecule has 6 amide bonds. The van der Waals surface area contributed by atoms with Gasteiger partial charge in [0.1, 0.15) is 29.3 Å². The molecule has 103 heavy (non-hydrogen) atoms. The van der Waals surface area contributed by atoms with Crippen LogP contribution in [0.3, 0.4) is 0 Å². The molecule has 11 rings (SSSR count). The molecular weight excluding hydrogens is 1340 g/mol. The molecule has 3 aromatic carbocycles. The maximum Gasteiger partial charge on any atom is 0.433 e. The third-order valence-corrected chi connectivity index (χ3v) is 21.5. The number of piperidine rings is 2. The van der Waals surface area contributed by atoms with Crippen molar-refractivity contribution in [1.82, 2.24) is 60.4 Å². The van der Waals surface area contributed by atoms with E-state index < -0.39 is 64.5 Å². The summed E-state index contributed by atoms with van der Waals surface area (Å²) in [7, 11) is 0. The number of nitrogens with one attached hydrogen (secondary N) is 5. The van der Waals surface area contributed by atoms with Gasteiger partial charge in [-0.1, -0.05) is 63.2 Å². The first-order valence-electron chi connectivity index (χ1n) is 36.4. The Morgan fingerprint density at radius 2 is 1.54 bits per heavy atom. The van der Waals surface area contributed by atoms with Crippen molar-refractivity contribution in [2.45, 2.75) is 180 Å². The number of hydrogen-bond donors (Lipinski definition) is 8. The van der Waals surface area contributed by atoms with Crippen molar-refractivity contribution < 1.29 is 47.4 Å². The van der Waals surface area contributed by atoms with Crippen LogP contribution in [0, 0.1) is 18.3 Å². The van der Waals surface area contributed by atoms with Gasteiger partial charge in [0.05, 0.1) is 45.5 Å². The van der Waals surface area contributed by atoms with Crippen LogP contribution in [0.4, 0.5) is 41.0 Å².